The van der Waals surface area contributed by atoms with Crippen molar-refractivity contribution in [1.29, 1.82) is 0 Å². The molecule has 23 heavy (non-hydrogen) atoms. The largest absolute Gasteiger partial charge is 0.457 e. The second-order valence-electron chi connectivity index (χ2n) is 6.37. The molecule has 0 spiro atoms. The quantitative estimate of drug-likeness (QED) is 0.547. The Morgan fingerprint density at radius 1 is 0.870 bits per heavy atom. The Morgan fingerprint density at radius 3 is 2.30 bits per heavy atom. The summed E-state index contributed by atoms with van der Waals surface area (Å²) in [6.07, 6.45) is 5.92. The van der Waals surface area contributed by atoms with Crippen molar-refractivity contribution in [3.8, 4) is 11.5 Å². The average molecular weight is 309 g/mol. The first-order chi connectivity index (χ1) is 11.3. The second-order valence-corrected chi connectivity index (χ2v) is 6.37. The van der Waals surface area contributed by atoms with Gasteiger partial charge in [0, 0.05) is 31.3 Å². The maximum atomic E-state index is 6.15. The average Bonchev–Trinajstić information content (AvgIpc) is 2.59. The summed E-state index contributed by atoms with van der Waals surface area (Å²) in [5.41, 5.74) is 3.87. The molecule has 1 aliphatic heterocycles. The Bertz CT molecular complexity index is 642. The number of unbranched alkanes of at least 4 members (excludes halogenated alkanes) is 2. The van der Waals surface area contributed by atoms with Crippen molar-refractivity contribution in [2.24, 2.45) is 0 Å². The highest BCUT2D eigenvalue weighted by molar-refractivity contribution is 5.58. The molecule has 0 N–H and O–H groups in total. The maximum Gasteiger partial charge on any atom is 0.133 e. The van der Waals surface area contributed by atoms with Crippen LogP contribution in [0.3, 0.4) is 0 Å². The van der Waals surface area contributed by atoms with Crippen LogP contribution in [-0.4, -0.2) is 13.1 Å². The molecule has 0 fully saturated rings. The molecule has 1 aliphatic rings. The highest BCUT2D eigenvalue weighted by atomic mass is 16.5. The van der Waals surface area contributed by atoms with Crippen molar-refractivity contribution in [3.63, 3.8) is 0 Å². The highest BCUT2D eigenvalue weighted by Crippen LogP contribution is 2.38. The van der Waals surface area contributed by atoms with E-state index in [9.17, 15) is 0 Å². The van der Waals surface area contributed by atoms with Crippen LogP contribution in [0.15, 0.2) is 42.5 Å². The van der Waals surface area contributed by atoms with Crippen molar-refractivity contribution >= 4 is 5.69 Å². The molecule has 0 saturated heterocycles. The first kappa shape index (κ1) is 15.9. The molecule has 0 bridgehead atoms. The number of rotatable bonds is 7. The van der Waals surface area contributed by atoms with Crippen LogP contribution < -0.4 is 9.64 Å². The molecule has 0 aromatic heterocycles. The van der Waals surface area contributed by atoms with Gasteiger partial charge in [-0.25, -0.2) is 0 Å². The molecule has 0 radical (unpaired) electrons. The zero-order chi connectivity index (χ0) is 16.1. The van der Waals surface area contributed by atoms with Gasteiger partial charge < -0.3 is 9.64 Å². The van der Waals surface area contributed by atoms with Crippen molar-refractivity contribution in [2.75, 3.05) is 18.0 Å². The lowest BCUT2D eigenvalue weighted by Crippen LogP contribution is -2.25. The Morgan fingerprint density at radius 2 is 1.57 bits per heavy atom. The molecule has 0 aliphatic carbocycles. The Balaban J connectivity index is 1.82. The minimum Gasteiger partial charge on any atom is -0.457 e. The highest BCUT2D eigenvalue weighted by Gasteiger charge is 2.18. The summed E-state index contributed by atoms with van der Waals surface area (Å²) in [4.78, 5) is 2.51. The van der Waals surface area contributed by atoms with Crippen LogP contribution in [0.4, 0.5) is 5.69 Å². The summed E-state index contributed by atoms with van der Waals surface area (Å²) in [6, 6.07) is 15.1. The van der Waals surface area contributed by atoms with Gasteiger partial charge in [0.15, 0.2) is 0 Å². The fourth-order valence-electron chi connectivity index (χ4n) is 3.12. The summed E-state index contributed by atoms with van der Waals surface area (Å²) in [5, 5.41) is 0. The fourth-order valence-corrected chi connectivity index (χ4v) is 3.12. The molecule has 0 unspecified atom stereocenters. The van der Waals surface area contributed by atoms with E-state index >= 15 is 0 Å². The van der Waals surface area contributed by atoms with E-state index in [2.05, 4.69) is 55.1 Å². The molecular formula is C21H27NO. The summed E-state index contributed by atoms with van der Waals surface area (Å²) in [7, 11) is 0. The summed E-state index contributed by atoms with van der Waals surface area (Å²) < 4.78 is 6.15. The van der Waals surface area contributed by atoms with Crippen molar-refractivity contribution in [3.05, 3.63) is 53.6 Å². The minimum absolute atomic E-state index is 0.968. The molecule has 3 rings (SSSR count). The topological polar surface area (TPSA) is 12.5 Å². The van der Waals surface area contributed by atoms with Crippen LogP contribution in [0.25, 0.3) is 0 Å². The van der Waals surface area contributed by atoms with E-state index in [-0.39, 0.29) is 0 Å². The molecule has 0 amide bonds. The Labute approximate surface area is 140 Å². The van der Waals surface area contributed by atoms with Gasteiger partial charge >= 0.3 is 0 Å². The molecule has 1 heterocycles. The third kappa shape index (κ3) is 3.69. The molecule has 2 aromatic rings. The normalized spacial score (nSPS) is 12.3. The van der Waals surface area contributed by atoms with Crippen LogP contribution in [0.1, 0.15) is 50.7 Å². The molecule has 2 heteroatoms. The summed E-state index contributed by atoms with van der Waals surface area (Å²) >= 11 is 0. The SMILES string of the molecule is CCCCN(CCCC)c1ccc2c(c1)Oc1ccccc1C2. The van der Waals surface area contributed by atoms with Gasteiger partial charge in [-0.05, 0) is 36.1 Å². The second kappa shape index (κ2) is 7.54. The van der Waals surface area contributed by atoms with Crippen molar-refractivity contribution < 1.29 is 4.74 Å². The van der Waals surface area contributed by atoms with Crippen LogP contribution in [0, 0.1) is 0 Å². The first-order valence-corrected chi connectivity index (χ1v) is 8.95. The van der Waals surface area contributed by atoms with E-state index in [1.807, 2.05) is 6.07 Å². The van der Waals surface area contributed by atoms with Crippen molar-refractivity contribution in [1.82, 2.24) is 0 Å². The van der Waals surface area contributed by atoms with Crippen LogP contribution >= 0.6 is 0 Å². The van der Waals surface area contributed by atoms with Gasteiger partial charge in [0.1, 0.15) is 11.5 Å². The number of hydrogen-bond donors (Lipinski definition) is 0. The van der Waals surface area contributed by atoms with Crippen LogP contribution in [0.2, 0.25) is 0 Å². The number of anilines is 1. The lowest BCUT2D eigenvalue weighted by atomic mass is 10.00. The third-order valence-electron chi connectivity index (χ3n) is 4.55. The lowest BCUT2D eigenvalue weighted by Gasteiger charge is -2.27. The molecule has 0 atom stereocenters. The predicted molar refractivity (Wildman–Crippen MR) is 97.8 cm³/mol. The van der Waals surface area contributed by atoms with E-state index in [0.29, 0.717) is 0 Å². The van der Waals surface area contributed by atoms with Gasteiger partial charge in [0.05, 0.1) is 0 Å². The van der Waals surface area contributed by atoms with Crippen molar-refractivity contribution in [2.45, 2.75) is 46.0 Å². The summed E-state index contributed by atoms with van der Waals surface area (Å²) in [6.45, 7) is 6.77. The first-order valence-electron chi connectivity index (χ1n) is 8.95. The number of para-hydroxylation sites is 1. The number of ether oxygens (including phenoxy) is 1. The Kier molecular flexibility index (Phi) is 5.22. The van der Waals surface area contributed by atoms with E-state index in [0.717, 1.165) is 31.0 Å². The lowest BCUT2D eigenvalue weighted by molar-refractivity contribution is 0.460. The molecule has 2 aromatic carbocycles. The smallest absolute Gasteiger partial charge is 0.133 e. The van der Waals surface area contributed by atoms with Crippen LogP contribution in [-0.2, 0) is 6.42 Å². The molecule has 0 saturated carbocycles. The van der Waals surface area contributed by atoms with Gasteiger partial charge in [-0.1, -0.05) is 51.0 Å². The van der Waals surface area contributed by atoms with Crippen LogP contribution in [0.5, 0.6) is 11.5 Å². The number of nitrogens with zero attached hydrogens (tertiary/aromatic N) is 1. The Hall–Kier alpha value is -1.96. The number of fused-ring (bicyclic) bond motifs is 2. The van der Waals surface area contributed by atoms with E-state index in [1.54, 1.807) is 0 Å². The van der Waals surface area contributed by atoms with Gasteiger partial charge in [0.2, 0.25) is 0 Å². The predicted octanol–water partition coefficient (Wildman–Crippen LogP) is 5.79. The van der Waals surface area contributed by atoms with Gasteiger partial charge in [-0.3, -0.25) is 0 Å². The third-order valence-corrected chi connectivity index (χ3v) is 4.55. The van der Waals surface area contributed by atoms with E-state index in [4.69, 9.17) is 4.74 Å². The zero-order valence-electron chi connectivity index (χ0n) is 14.3. The molecular weight excluding hydrogens is 282 g/mol. The van der Waals surface area contributed by atoms with Gasteiger partial charge in [-0.15, -0.1) is 0 Å². The number of benzene rings is 2. The van der Waals surface area contributed by atoms with E-state index in [1.165, 1.54) is 42.5 Å². The standard InChI is InChI=1S/C21H27NO/c1-3-5-13-22(14-6-4-2)19-12-11-18-15-17-9-7-8-10-20(17)23-21(18)16-19/h7-12,16H,3-6,13-15H2,1-2H3. The van der Waals surface area contributed by atoms with Gasteiger partial charge in [0.25, 0.3) is 0 Å². The zero-order valence-corrected chi connectivity index (χ0v) is 14.3. The maximum absolute atomic E-state index is 6.15. The molecule has 2 nitrogen and oxygen atoms in total. The number of hydrogen-bond acceptors (Lipinski definition) is 2. The fraction of sp³-hybridized carbons (Fsp3) is 0.429. The molecule has 122 valence electrons. The van der Waals surface area contributed by atoms with Gasteiger partial charge in [-0.2, -0.15) is 0 Å². The minimum atomic E-state index is 0.968. The monoisotopic (exact) mass is 309 g/mol. The van der Waals surface area contributed by atoms with E-state index < -0.39 is 0 Å². The summed E-state index contributed by atoms with van der Waals surface area (Å²) in [5.74, 6) is 2.03.